The zero-order valence-corrected chi connectivity index (χ0v) is 6.64. The maximum absolute atomic E-state index is 10.6. The van der Waals surface area contributed by atoms with E-state index < -0.39 is 0 Å². The highest BCUT2D eigenvalue weighted by molar-refractivity contribution is 9.12. The molecule has 0 N–H and O–H groups in total. The minimum atomic E-state index is -0.248. The molecule has 0 saturated heterocycles. The summed E-state index contributed by atoms with van der Waals surface area (Å²) >= 11 is 3.07. The van der Waals surface area contributed by atoms with Crippen molar-refractivity contribution in [1.82, 2.24) is 0 Å². The van der Waals surface area contributed by atoms with Crippen LogP contribution < -0.4 is 0 Å². The lowest BCUT2D eigenvalue weighted by Crippen LogP contribution is -2.05. The van der Waals surface area contributed by atoms with E-state index in [4.69, 9.17) is 4.74 Å². The number of cyclic esters (lactones) is 1. The average Bonchev–Trinajstić information content (AvgIpc) is 2.13. The van der Waals surface area contributed by atoms with Gasteiger partial charge in [0.15, 0.2) is 0 Å². The van der Waals surface area contributed by atoms with E-state index in [1.807, 2.05) is 6.92 Å². The summed E-state index contributed by atoms with van der Waals surface area (Å²) in [5, 5.41) is 0. The zero-order chi connectivity index (χ0) is 6.85. The fraction of sp³-hybridized carbons (Fsp3) is 0.500. The van der Waals surface area contributed by atoms with Gasteiger partial charge in [0.2, 0.25) is 0 Å². The van der Waals surface area contributed by atoms with Gasteiger partial charge in [-0.25, -0.2) is 4.79 Å². The number of carbonyl (C=O) groups excluding carboxylic acids is 1. The lowest BCUT2D eigenvalue weighted by atomic mass is 10.3. The van der Waals surface area contributed by atoms with Crippen molar-refractivity contribution in [3.63, 3.8) is 0 Å². The molecule has 0 aromatic rings. The van der Waals surface area contributed by atoms with Crippen molar-refractivity contribution in [3.05, 3.63) is 10.6 Å². The molecule has 0 radical (unpaired) electrons. The second-order valence-corrected chi connectivity index (χ2v) is 2.72. The van der Waals surface area contributed by atoms with Gasteiger partial charge in [-0.1, -0.05) is 6.92 Å². The molecule has 0 bridgehead atoms. The van der Waals surface area contributed by atoms with Crippen LogP contribution in [0.2, 0.25) is 0 Å². The Morgan fingerprint density at radius 1 is 1.89 bits per heavy atom. The van der Waals surface area contributed by atoms with Crippen LogP contribution in [0.1, 0.15) is 13.3 Å². The number of esters is 1. The van der Waals surface area contributed by atoms with Gasteiger partial charge in [-0.05, 0) is 28.4 Å². The molecule has 1 atom stereocenters. The van der Waals surface area contributed by atoms with Crippen LogP contribution in [0.15, 0.2) is 10.6 Å². The smallest absolute Gasteiger partial charge is 0.345 e. The standard InChI is InChI=1S/C6H7BrO2/c1-2-4-3-5(7)6(8)9-4/h3-4H,2H2,1H3. The molecule has 0 fully saturated rings. The largest absolute Gasteiger partial charge is 0.454 e. The minimum Gasteiger partial charge on any atom is -0.454 e. The Kier molecular flexibility index (Phi) is 1.90. The summed E-state index contributed by atoms with van der Waals surface area (Å²) in [6.45, 7) is 1.97. The van der Waals surface area contributed by atoms with Crippen molar-refractivity contribution < 1.29 is 9.53 Å². The van der Waals surface area contributed by atoms with Gasteiger partial charge >= 0.3 is 5.97 Å². The van der Waals surface area contributed by atoms with Crippen LogP contribution in [-0.2, 0) is 9.53 Å². The maximum Gasteiger partial charge on any atom is 0.345 e. The number of hydrogen-bond donors (Lipinski definition) is 0. The first-order chi connectivity index (χ1) is 4.24. The van der Waals surface area contributed by atoms with Crippen LogP contribution in [0.4, 0.5) is 0 Å². The predicted octanol–water partition coefficient (Wildman–Crippen LogP) is 1.60. The third-order valence-electron chi connectivity index (χ3n) is 1.19. The van der Waals surface area contributed by atoms with Crippen molar-refractivity contribution in [2.24, 2.45) is 0 Å². The van der Waals surface area contributed by atoms with Gasteiger partial charge < -0.3 is 4.74 Å². The van der Waals surface area contributed by atoms with E-state index >= 15 is 0 Å². The van der Waals surface area contributed by atoms with Crippen molar-refractivity contribution in [2.75, 3.05) is 0 Å². The van der Waals surface area contributed by atoms with Gasteiger partial charge in [0, 0.05) is 0 Å². The molecule has 1 rings (SSSR count). The topological polar surface area (TPSA) is 26.3 Å². The summed E-state index contributed by atoms with van der Waals surface area (Å²) in [7, 11) is 0. The number of rotatable bonds is 1. The predicted molar refractivity (Wildman–Crippen MR) is 37.2 cm³/mol. The summed E-state index contributed by atoms with van der Waals surface area (Å²) in [6, 6.07) is 0. The summed E-state index contributed by atoms with van der Waals surface area (Å²) < 4.78 is 5.39. The Bertz CT molecular complexity index is 162. The van der Waals surface area contributed by atoms with Crippen molar-refractivity contribution >= 4 is 21.9 Å². The Morgan fingerprint density at radius 2 is 2.56 bits per heavy atom. The fourth-order valence-electron chi connectivity index (χ4n) is 0.660. The molecule has 50 valence electrons. The second kappa shape index (κ2) is 2.52. The van der Waals surface area contributed by atoms with E-state index in [-0.39, 0.29) is 12.1 Å². The minimum absolute atomic E-state index is 0.00752. The highest BCUT2D eigenvalue weighted by atomic mass is 79.9. The first-order valence-electron chi connectivity index (χ1n) is 2.82. The number of carbonyl (C=O) groups is 1. The van der Waals surface area contributed by atoms with Crippen molar-refractivity contribution in [2.45, 2.75) is 19.4 Å². The van der Waals surface area contributed by atoms with Crippen LogP contribution in [0, 0.1) is 0 Å². The summed E-state index contributed by atoms with van der Waals surface area (Å²) in [5.41, 5.74) is 0. The van der Waals surface area contributed by atoms with Crippen LogP contribution in [-0.4, -0.2) is 12.1 Å². The molecule has 0 aliphatic carbocycles. The summed E-state index contributed by atoms with van der Waals surface area (Å²) in [6.07, 6.45) is 2.62. The highest BCUT2D eigenvalue weighted by Crippen LogP contribution is 2.19. The molecular formula is C6H7BrO2. The van der Waals surface area contributed by atoms with E-state index in [0.717, 1.165) is 6.42 Å². The first-order valence-corrected chi connectivity index (χ1v) is 3.61. The number of hydrogen-bond acceptors (Lipinski definition) is 2. The Labute approximate surface area is 62.0 Å². The number of halogens is 1. The van der Waals surface area contributed by atoms with E-state index in [2.05, 4.69) is 15.9 Å². The molecule has 0 saturated carbocycles. The van der Waals surface area contributed by atoms with Gasteiger partial charge in [0.25, 0.3) is 0 Å². The highest BCUT2D eigenvalue weighted by Gasteiger charge is 2.21. The van der Waals surface area contributed by atoms with Crippen LogP contribution in [0.25, 0.3) is 0 Å². The van der Waals surface area contributed by atoms with Crippen LogP contribution >= 0.6 is 15.9 Å². The summed E-state index contributed by atoms with van der Waals surface area (Å²) in [4.78, 5) is 10.6. The van der Waals surface area contributed by atoms with Gasteiger partial charge in [-0.2, -0.15) is 0 Å². The zero-order valence-electron chi connectivity index (χ0n) is 5.06. The first kappa shape index (κ1) is 6.81. The molecule has 0 aromatic heterocycles. The maximum atomic E-state index is 10.6. The molecule has 1 heterocycles. The molecule has 1 aliphatic heterocycles. The molecule has 1 aliphatic rings. The quantitative estimate of drug-likeness (QED) is 0.588. The average molecular weight is 191 g/mol. The van der Waals surface area contributed by atoms with Crippen LogP contribution in [0.3, 0.4) is 0 Å². The van der Waals surface area contributed by atoms with Crippen molar-refractivity contribution in [3.8, 4) is 0 Å². The molecule has 1 unspecified atom stereocenters. The van der Waals surface area contributed by atoms with E-state index in [0.29, 0.717) is 4.48 Å². The molecule has 3 heteroatoms. The Morgan fingerprint density at radius 3 is 2.78 bits per heavy atom. The monoisotopic (exact) mass is 190 g/mol. The third-order valence-corrected chi connectivity index (χ3v) is 1.78. The molecule has 0 spiro atoms. The van der Waals surface area contributed by atoms with Gasteiger partial charge in [0.1, 0.15) is 10.6 Å². The van der Waals surface area contributed by atoms with E-state index in [9.17, 15) is 4.79 Å². The molecule has 0 aromatic carbocycles. The third kappa shape index (κ3) is 1.33. The lowest BCUT2D eigenvalue weighted by molar-refractivity contribution is -0.138. The molecule has 2 nitrogen and oxygen atoms in total. The van der Waals surface area contributed by atoms with E-state index in [1.165, 1.54) is 0 Å². The summed E-state index contributed by atoms with van der Waals surface area (Å²) in [5.74, 6) is -0.248. The Balaban J connectivity index is 2.62. The second-order valence-electron chi connectivity index (χ2n) is 1.87. The Hall–Kier alpha value is -0.310. The van der Waals surface area contributed by atoms with E-state index in [1.54, 1.807) is 6.08 Å². The van der Waals surface area contributed by atoms with Crippen LogP contribution in [0.5, 0.6) is 0 Å². The van der Waals surface area contributed by atoms with Gasteiger partial charge in [-0.15, -0.1) is 0 Å². The normalized spacial score (nSPS) is 25.8. The SMILES string of the molecule is CCC1C=C(Br)C(=O)O1. The lowest BCUT2D eigenvalue weighted by Gasteiger charge is -2.01. The molecule has 9 heavy (non-hydrogen) atoms. The van der Waals surface area contributed by atoms with Gasteiger partial charge in [0.05, 0.1) is 0 Å². The molecule has 0 amide bonds. The molecular weight excluding hydrogens is 184 g/mol. The van der Waals surface area contributed by atoms with Gasteiger partial charge in [-0.3, -0.25) is 0 Å². The fourth-order valence-corrected chi connectivity index (χ4v) is 1.05. The van der Waals surface area contributed by atoms with Crippen molar-refractivity contribution in [1.29, 1.82) is 0 Å². The number of ether oxygens (including phenoxy) is 1.